The van der Waals surface area contributed by atoms with Crippen LogP contribution in [0.2, 0.25) is 18.3 Å². The molecule has 0 fully saturated rings. The van der Waals surface area contributed by atoms with Crippen LogP contribution in [0.5, 0.6) is 0 Å². The quantitative estimate of drug-likeness (QED) is 0.154. The molecule has 0 saturated heterocycles. The fraction of sp³-hybridized carbons (Fsp3) is 0.576. The Labute approximate surface area is 228 Å². The first-order chi connectivity index (χ1) is 17.2. The maximum atomic E-state index is 7.20. The Hall–Kier alpha value is -1.02. The zero-order valence-electron chi connectivity index (χ0n) is 24.3. The summed E-state index contributed by atoms with van der Waals surface area (Å²) in [5.74, 6) is 4.07. The maximum absolute atomic E-state index is 7.20. The van der Waals surface area contributed by atoms with Gasteiger partial charge < -0.3 is 0 Å². The summed E-state index contributed by atoms with van der Waals surface area (Å²) in [6, 6.07) is 22.0. The van der Waals surface area contributed by atoms with E-state index in [4.69, 9.17) is 4.43 Å². The standard InChI is InChI=1S/C21H25OSi.3C4H9.Sn/c1-6-18(2)17-22-23(21(3,4)5,19-13-9-7-10-14-19)20-15-11-8-12-16-20;3*1-3-4-2;/h7-16,18H,17H2,2-5H3;3*1,3-4H2,2H3;/t18-;;;;/m1..../s1. The predicted octanol–water partition coefficient (Wildman–Crippen LogP) is 8.59. The van der Waals surface area contributed by atoms with Crippen LogP contribution in [-0.2, 0) is 4.43 Å². The summed E-state index contributed by atoms with van der Waals surface area (Å²) in [5, 5.41) is 2.72. The Morgan fingerprint density at radius 1 is 0.750 bits per heavy atom. The van der Waals surface area contributed by atoms with Crippen LogP contribution in [0.4, 0.5) is 0 Å². The molecule has 0 aliphatic carbocycles. The number of hydrogen-bond acceptors (Lipinski definition) is 1. The number of hydrogen-bond donors (Lipinski definition) is 0. The molecule has 1 atom stereocenters. The minimum atomic E-state index is -2.50. The van der Waals surface area contributed by atoms with Gasteiger partial charge in [0.1, 0.15) is 0 Å². The van der Waals surface area contributed by atoms with E-state index < -0.39 is 26.7 Å². The average Bonchev–Trinajstić information content (AvgIpc) is 2.88. The topological polar surface area (TPSA) is 9.23 Å². The van der Waals surface area contributed by atoms with E-state index in [-0.39, 0.29) is 11.0 Å². The molecule has 2 rings (SSSR count). The second-order valence-electron chi connectivity index (χ2n) is 11.7. The summed E-state index contributed by atoms with van der Waals surface area (Å²) in [5.41, 5.74) is 0. The molecule has 0 heterocycles. The van der Waals surface area contributed by atoms with Crippen LogP contribution in [0.15, 0.2) is 60.7 Å². The van der Waals surface area contributed by atoms with Gasteiger partial charge in [0.2, 0.25) is 0 Å². The molecule has 3 heteroatoms. The van der Waals surface area contributed by atoms with Gasteiger partial charge in [0.05, 0.1) is 0 Å². The average molecular weight is 612 g/mol. The zero-order chi connectivity index (χ0) is 26.5. The molecule has 0 amide bonds. The molecule has 36 heavy (non-hydrogen) atoms. The molecular weight excluding hydrogens is 559 g/mol. The normalized spacial score (nSPS) is 13.2. The Bertz CT molecular complexity index is 862. The minimum absolute atomic E-state index is 0.00915. The van der Waals surface area contributed by atoms with Gasteiger partial charge in [-0.05, 0) is 0 Å². The van der Waals surface area contributed by atoms with E-state index in [1.54, 1.807) is 0 Å². The third kappa shape index (κ3) is 8.50. The van der Waals surface area contributed by atoms with Gasteiger partial charge in [0.15, 0.2) is 0 Å². The van der Waals surface area contributed by atoms with Crippen molar-refractivity contribution in [3.63, 3.8) is 0 Å². The number of benzene rings is 2. The molecular formula is C33H52OSiSn. The Balaban J connectivity index is 2.39. The van der Waals surface area contributed by atoms with E-state index in [0.717, 1.165) is 0 Å². The van der Waals surface area contributed by atoms with Gasteiger partial charge in [-0.2, -0.15) is 0 Å². The predicted molar refractivity (Wildman–Crippen MR) is 165 cm³/mol. The van der Waals surface area contributed by atoms with E-state index >= 15 is 0 Å². The first kappa shape index (κ1) is 31.2. The zero-order valence-corrected chi connectivity index (χ0v) is 28.2. The number of unbranched alkanes of at least 4 members (excludes halogenated alkanes) is 3. The van der Waals surface area contributed by atoms with Gasteiger partial charge in [-0.1, -0.05) is 0 Å². The molecule has 0 bridgehead atoms. The Morgan fingerprint density at radius 3 is 1.53 bits per heavy atom. The first-order valence-electron chi connectivity index (χ1n) is 14.5. The van der Waals surface area contributed by atoms with Crippen LogP contribution in [0.25, 0.3) is 0 Å². The third-order valence-electron chi connectivity index (χ3n) is 7.58. The van der Waals surface area contributed by atoms with E-state index in [2.05, 4.69) is 119 Å². The van der Waals surface area contributed by atoms with E-state index in [0.29, 0.717) is 6.61 Å². The summed E-state index contributed by atoms with van der Waals surface area (Å²) in [4.78, 5) is 0. The van der Waals surface area contributed by atoms with Crippen molar-refractivity contribution in [3.8, 4) is 9.86 Å². The Morgan fingerprint density at radius 2 is 1.17 bits per heavy atom. The summed E-state index contributed by atoms with van der Waals surface area (Å²) in [6.45, 7) is 17.1. The van der Waals surface area contributed by atoms with Crippen LogP contribution >= 0.6 is 0 Å². The fourth-order valence-electron chi connectivity index (χ4n) is 5.44. The number of rotatable bonds is 14. The Kier molecular flexibility index (Phi) is 13.3. The molecule has 0 aliphatic heterocycles. The fourth-order valence-corrected chi connectivity index (χ4v) is 23.7. The van der Waals surface area contributed by atoms with Crippen LogP contribution in [0.3, 0.4) is 0 Å². The third-order valence-corrected chi connectivity index (χ3v) is 25.7. The van der Waals surface area contributed by atoms with Crippen molar-refractivity contribution in [1.29, 1.82) is 0 Å². The van der Waals surface area contributed by atoms with E-state index in [1.807, 2.05) is 0 Å². The van der Waals surface area contributed by atoms with Crippen molar-refractivity contribution >= 4 is 37.1 Å². The second kappa shape index (κ2) is 15.4. The van der Waals surface area contributed by atoms with Gasteiger partial charge in [0, 0.05) is 0 Å². The van der Waals surface area contributed by atoms with Gasteiger partial charge in [-0.3, -0.25) is 0 Å². The molecule has 2 aromatic rings. The van der Waals surface area contributed by atoms with Crippen molar-refractivity contribution in [3.05, 3.63) is 60.7 Å². The van der Waals surface area contributed by atoms with Crippen LogP contribution in [0.1, 0.15) is 87.0 Å². The summed E-state index contributed by atoms with van der Waals surface area (Å²) in [6.07, 6.45) is 7.99. The molecule has 0 radical (unpaired) electrons. The molecule has 0 aromatic heterocycles. The van der Waals surface area contributed by atoms with Crippen LogP contribution in [-0.4, -0.2) is 33.3 Å². The van der Waals surface area contributed by atoms with Gasteiger partial charge in [-0.25, -0.2) is 0 Å². The first-order valence-corrected chi connectivity index (χ1v) is 23.9. The molecule has 1 nitrogen and oxygen atoms in total. The summed E-state index contributed by atoms with van der Waals surface area (Å²) < 4.78 is 15.6. The van der Waals surface area contributed by atoms with Gasteiger partial charge >= 0.3 is 230 Å². The van der Waals surface area contributed by atoms with Crippen molar-refractivity contribution < 1.29 is 4.43 Å². The molecule has 0 unspecified atom stereocenters. The summed E-state index contributed by atoms with van der Waals surface area (Å²) in [7, 11) is -2.50. The van der Waals surface area contributed by atoms with E-state index in [9.17, 15) is 0 Å². The summed E-state index contributed by atoms with van der Waals surface area (Å²) >= 11 is -2.46. The molecule has 0 spiro atoms. The van der Waals surface area contributed by atoms with Gasteiger partial charge in [-0.15, -0.1) is 0 Å². The van der Waals surface area contributed by atoms with Crippen molar-refractivity contribution in [2.45, 2.75) is 105 Å². The van der Waals surface area contributed by atoms with Gasteiger partial charge in [0.25, 0.3) is 0 Å². The molecule has 0 aliphatic rings. The van der Waals surface area contributed by atoms with E-state index in [1.165, 1.54) is 62.2 Å². The van der Waals surface area contributed by atoms with Crippen LogP contribution < -0.4 is 10.4 Å². The van der Waals surface area contributed by atoms with Crippen molar-refractivity contribution in [1.82, 2.24) is 0 Å². The van der Waals surface area contributed by atoms with Crippen LogP contribution in [0, 0.1) is 15.8 Å². The SMILES string of the molecule is CCC[CH2][Sn]([C]#C[C@@H](C)CO[Si](c1ccccc1)(c1ccccc1)C(C)(C)C)([CH2]CCC)[CH2]CCC. The van der Waals surface area contributed by atoms with Crippen molar-refractivity contribution in [2.75, 3.05) is 6.61 Å². The van der Waals surface area contributed by atoms with Crippen molar-refractivity contribution in [2.24, 2.45) is 5.92 Å². The monoisotopic (exact) mass is 612 g/mol. The molecule has 0 saturated carbocycles. The second-order valence-corrected chi connectivity index (χ2v) is 28.3. The molecule has 2 aromatic carbocycles. The molecule has 0 N–H and O–H groups in total. The molecule has 198 valence electrons.